The molecule has 0 aliphatic heterocycles. The number of alkyl halides is 3. The van der Waals surface area contributed by atoms with Crippen molar-refractivity contribution in [3.8, 4) is 11.3 Å². The Kier molecular flexibility index (Phi) is 5.64. The zero-order valence-corrected chi connectivity index (χ0v) is 17.6. The standard InChI is InChI=1S/C23H16F3N3O3S/c24-23(25,26)15-6-3-5-14(11-15)21-13-19(18-9-1-2-10-20(18)29-21)22(30)28-16-7-4-8-17(12-16)33(27,31)32/h1-13H,(H,28,30)(H2,27,31,32). The van der Waals surface area contributed by atoms with Gasteiger partial charge in [0.2, 0.25) is 10.0 Å². The molecule has 0 unspecified atom stereocenters. The molecule has 1 amide bonds. The molecule has 0 spiro atoms. The number of nitrogens with two attached hydrogens (primary N) is 1. The molecule has 4 rings (SSSR count). The summed E-state index contributed by atoms with van der Waals surface area (Å²) in [5, 5.41) is 8.23. The highest BCUT2D eigenvalue weighted by Crippen LogP contribution is 2.33. The Labute approximate surface area is 186 Å². The number of sulfonamides is 1. The summed E-state index contributed by atoms with van der Waals surface area (Å²) in [6, 6.07) is 18.2. The zero-order valence-electron chi connectivity index (χ0n) is 16.8. The number of nitrogens with zero attached hydrogens (tertiary/aromatic N) is 1. The molecular weight excluding hydrogens is 455 g/mol. The average molecular weight is 471 g/mol. The van der Waals surface area contributed by atoms with Gasteiger partial charge in [-0.25, -0.2) is 18.5 Å². The summed E-state index contributed by atoms with van der Waals surface area (Å²) in [4.78, 5) is 17.3. The second kappa shape index (κ2) is 8.30. The van der Waals surface area contributed by atoms with Gasteiger partial charge >= 0.3 is 6.18 Å². The van der Waals surface area contributed by atoms with E-state index in [-0.39, 0.29) is 27.4 Å². The predicted molar refractivity (Wildman–Crippen MR) is 118 cm³/mol. The molecule has 0 saturated heterocycles. The molecule has 0 bridgehead atoms. The SMILES string of the molecule is NS(=O)(=O)c1cccc(NC(=O)c2cc(-c3cccc(C(F)(F)F)c3)nc3ccccc23)c1. The normalized spacial score (nSPS) is 12.0. The first-order valence-electron chi connectivity index (χ1n) is 9.54. The molecule has 1 aromatic heterocycles. The van der Waals surface area contributed by atoms with Crippen LogP contribution in [0, 0.1) is 0 Å². The summed E-state index contributed by atoms with van der Waals surface area (Å²) in [5.41, 5.74) is 0.308. The lowest BCUT2D eigenvalue weighted by Gasteiger charge is -2.12. The van der Waals surface area contributed by atoms with Crippen molar-refractivity contribution in [2.45, 2.75) is 11.1 Å². The van der Waals surface area contributed by atoms with Crippen molar-refractivity contribution in [3.63, 3.8) is 0 Å². The van der Waals surface area contributed by atoms with Gasteiger partial charge in [0.15, 0.2) is 0 Å². The smallest absolute Gasteiger partial charge is 0.322 e. The van der Waals surface area contributed by atoms with Gasteiger partial charge in [0, 0.05) is 16.6 Å². The van der Waals surface area contributed by atoms with Gasteiger partial charge in [-0.2, -0.15) is 13.2 Å². The molecule has 10 heteroatoms. The number of rotatable bonds is 4. The Bertz CT molecular complexity index is 1490. The minimum absolute atomic E-state index is 0.161. The van der Waals surface area contributed by atoms with E-state index >= 15 is 0 Å². The average Bonchev–Trinajstić information content (AvgIpc) is 2.77. The van der Waals surface area contributed by atoms with Crippen LogP contribution in [0.4, 0.5) is 18.9 Å². The van der Waals surface area contributed by atoms with Gasteiger partial charge in [-0.3, -0.25) is 4.79 Å². The minimum atomic E-state index is -4.53. The van der Waals surface area contributed by atoms with Crippen molar-refractivity contribution in [2.75, 3.05) is 5.32 Å². The number of amides is 1. The number of anilines is 1. The molecule has 0 aliphatic rings. The van der Waals surface area contributed by atoms with Crippen molar-refractivity contribution in [3.05, 3.63) is 90.0 Å². The Morgan fingerprint density at radius 2 is 1.64 bits per heavy atom. The first-order chi connectivity index (χ1) is 15.5. The summed E-state index contributed by atoms with van der Waals surface area (Å²) in [5.74, 6) is -0.589. The van der Waals surface area contributed by atoms with Crippen molar-refractivity contribution >= 4 is 32.5 Å². The third kappa shape index (κ3) is 4.86. The van der Waals surface area contributed by atoms with Crippen molar-refractivity contribution in [2.24, 2.45) is 5.14 Å². The van der Waals surface area contributed by atoms with E-state index in [0.717, 1.165) is 12.1 Å². The van der Waals surface area contributed by atoms with Gasteiger partial charge in [-0.05, 0) is 42.5 Å². The molecule has 168 valence electrons. The molecule has 3 aromatic carbocycles. The van der Waals surface area contributed by atoms with Crippen LogP contribution in [-0.4, -0.2) is 19.3 Å². The largest absolute Gasteiger partial charge is 0.416 e. The maximum atomic E-state index is 13.2. The number of carbonyl (C=O) groups excluding carboxylic acids is 1. The number of aromatic nitrogens is 1. The summed E-state index contributed by atoms with van der Waals surface area (Å²) in [6.45, 7) is 0. The number of benzene rings is 3. The Hall–Kier alpha value is -3.76. The van der Waals surface area contributed by atoms with Crippen LogP contribution in [0.1, 0.15) is 15.9 Å². The highest BCUT2D eigenvalue weighted by Gasteiger charge is 2.30. The minimum Gasteiger partial charge on any atom is -0.322 e. The van der Waals surface area contributed by atoms with Gasteiger partial charge in [0.25, 0.3) is 5.91 Å². The molecule has 0 aliphatic carbocycles. The van der Waals surface area contributed by atoms with Gasteiger partial charge in [-0.1, -0.05) is 36.4 Å². The van der Waals surface area contributed by atoms with Gasteiger partial charge in [0.1, 0.15) is 0 Å². The highest BCUT2D eigenvalue weighted by atomic mass is 32.2. The number of primary sulfonamides is 1. The van der Waals surface area contributed by atoms with Crippen LogP contribution >= 0.6 is 0 Å². The van der Waals surface area contributed by atoms with E-state index in [1.165, 1.54) is 42.5 Å². The molecule has 3 N–H and O–H groups in total. The topological polar surface area (TPSA) is 102 Å². The first-order valence-corrected chi connectivity index (χ1v) is 11.1. The number of hydrogen-bond donors (Lipinski definition) is 2. The predicted octanol–water partition coefficient (Wildman–Crippen LogP) is 4.82. The van der Waals surface area contributed by atoms with Crippen LogP contribution < -0.4 is 10.5 Å². The fourth-order valence-corrected chi connectivity index (χ4v) is 3.87. The molecule has 4 aromatic rings. The van der Waals surface area contributed by atoms with Gasteiger partial charge in [0.05, 0.1) is 27.2 Å². The highest BCUT2D eigenvalue weighted by molar-refractivity contribution is 7.89. The Morgan fingerprint density at radius 3 is 2.36 bits per heavy atom. The van der Waals surface area contributed by atoms with E-state index in [2.05, 4.69) is 10.3 Å². The summed E-state index contributed by atoms with van der Waals surface area (Å²) < 4.78 is 62.7. The third-order valence-corrected chi connectivity index (χ3v) is 5.78. The van der Waals surface area contributed by atoms with Crippen LogP contribution in [-0.2, 0) is 16.2 Å². The van der Waals surface area contributed by atoms with Gasteiger partial charge in [-0.15, -0.1) is 0 Å². The second-order valence-electron chi connectivity index (χ2n) is 7.18. The molecule has 6 nitrogen and oxygen atoms in total. The van der Waals surface area contributed by atoms with Crippen LogP contribution in [0.25, 0.3) is 22.2 Å². The van der Waals surface area contributed by atoms with E-state index in [9.17, 15) is 26.4 Å². The molecule has 0 radical (unpaired) electrons. The number of halogens is 3. The van der Waals surface area contributed by atoms with E-state index in [4.69, 9.17) is 5.14 Å². The van der Waals surface area contributed by atoms with E-state index in [0.29, 0.717) is 10.9 Å². The van der Waals surface area contributed by atoms with E-state index in [1.54, 1.807) is 24.3 Å². The number of para-hydroxylation sites is 1. The van der Waals surface area contributed by atoms with Crippen molar-refractivity contribution in [1.82, 2.24) is 4.98 Å². The quantitative estimate of drug-likeness (QED) is 0.445. The van der Waals surface area contributed by atoms with E-state index < -0.39 is 27.7 Å². The number of carbonyl (C=O) groups is 1. The maximum Gasteiger partial charge on any atom is 0.416 e. The van der Waals surface area contributed by atoms with Gasteiger partial charge < -0.3 is 5.32 Å². The number of fused-ring (bicyclic) bond motifs is 1. The molecule has 0 atom stereocenters. The van der Waals surface area contributed by atoms with Crippen LogP contribution in [0.2, 0.25) is 0 Å². The van der Waals surface area contributed by atoms with Crippen LogP contribution in [0.5, 0.6) is 0 Å². The second-order valence-corrected chi connectivity index (χ2v) is 8.74. The fourth-order valence-electron chi connectivity index (χ4n) is 3.32. The maximum absolute atomic E-state index is 13.2. The van der Waals surface area contributed by atoms with Crippen LogP contribution in [0.15, 0.2) is 83.8 Å². The van der Waals surface area contributed by atoms with Crippen LogP contribution in [0.3, 0.4) is 0 Å². The third-order valence-electron chi connectivity index (χ3n) is 4.87. The van der Waals surface area contributed by atoms with Crippen molar-refractivity contribution < 1.29 is 26.4 Å². The summed E-state index contributed by atoms with van der Waals surface area (Å²) in [7, 11) is -3.97. The Balaban J connectivity index is 1.79. The number of hydrogen-bond acceptors (Lipinski definition) is 4. The lowest BCUT2D eigenvalue weighted by atomic mass is 10.0. The fraction of sp³-hybridized carbons (Fsp3) is 0.0435. The summed E-state index contributed by atoms with van der Waals surface area (Å²) >= 11 is 0. The first kappa shape index (κ1) is 22.4. The molecule has 33 heavy (non-hydrogen) atoms. The molecule has 0 fully saturated rings. The molecule has 1 heterocycles. The zero-order chi connectivity index (χ0) is 23.8. The lowest BCUT2D eigenvalue weighted by molar-refractivity contribution is -0.137. The van der Waals surface area contributed by atoms with E-state index in [1.807, 2.05) is 0 Å². The number of nitrogens with one attached hydrogen (secondary N) is 1. The lowest BCUT2D eigenvalue weighted by Crippen LogP contribution is -2.15. The Morgan fingerprint density at radius 1 is 0.909 bits per heavy atom. The summed E-state index contributed by atoms with van der Waals surface area (Å²) in [6.07, 6.45) is -4.53. The van der Waals surface area contributed by atoms with Crippen molar-refractivity contribution in [1.29, 1.82) is 0 Å². The monoisotopic (exact) mass is 471 g/mol. The number of pyridine rings is 1. The molecule has 0 saturated carbocycles. The molecular formula is C23H16F3N3O3S.